The topological polar surface area (TPSA) is 8.72 Å². The van der Waals surface area contributed by atoms with Gasteiger partial charge in [0.25, 0.3) is 0 Å². The van der Waals surface area contributed by atoms with Crippen LogP contribution in [0.5, 0.6) is 0 Å². The SMILES string of the molecule is [C-]#[N+]C(CC)(CC)[N+]#[C-]. The van der Waals surface area contributed by atoms with Crippen molar-refractivity contribution in [3.8, 4) is 0 Å². The van der Waals surface area contributed by atoms with Crippen molar-refractivity contribution in [2.24, 2.45) is 0 Å². The summed E-state index contributed by atoms with van der Waals surface area (Å²) in [4.78, 5) is 6.54. The van der Waals surface area contributed by atoms with E-state index in [0.29, 0.717) is 12.8 Å². The number of hydrogen-bond donors (Lipinski definition) is 0. The zero-order valence-electron chi connectivity index (χ0n) is 5.81. The second-order valence-corrected chi connectivity index (χ2v) is 1.91. The molecule has 0 amide bonds. The Bertz CT molecular complexity index is 139. The highest BCUT2D eigenvalue weighted by Crippen LogP contribution is 2.21. The molecular formula is C7H10N2. The number of hydrogen-bond acceptors (Lipinski definition) is 0. The van der Waals surface area contributed by atoms with Crippen LogP contribution in [0.15, 0.2) is 0 Å². The third kappa shape index (κ3) is 1.44. The molecule has 0 atom stereocenters. The lowest BCUT2D eigenvalue weighted by molar-refractivity contribution is 0.570. The standard InChI is InChI=1S/C7H10N2/c1-5-7(6-2,8-3)9-4/h5-6H2,1-2H3. The van der Waals surface area contributed by atoms with E-state index in [4.69, 9.17) is 13.1 Å². The minimum Gasteiger partial charge on any atom is -0.231 e. The van der Waals surface area contributed by atoms with E-state index in [1.807, 2.05) is 13.8 Å². The molecule has 0 rings (SSSR count). The van der Waals surface area contributed by atoms with Crippen molar-refractivity contribution in [2.45, 2.75) is 32.4 Å². The van der Waals surface area contributed by atoms with Gasteiger partial charge in [0.05, 0.1) is 0 Å². The number of rotatable bonds is 2. The van der Waals surface area contributed by atoms with Crippen LogP contribution in [0.4, 0.5) is 0 Å². The Labute approximate surface area is 56.1 Å². The third-order valence-electron chi connectivity index (χ3n) is 1.55. The molecule has 0 unspecified atom stereocenters. The molecule has 0 fully saturated rings. The predicted molar refractivity (Wildman–Crippen MR) is 36.5 cm³/mol. The first-order valence-corrected chi connectivity index (χ1v) is 3.02. The van der Waals surface area contributed by atoms with Crippen molar-refractivity contribution in [2.75, 3.05) is 0 Å². The summed E-state index contributed by atoms with van der Waals surface area (Å²) in [5.74, 6) is 0. The largest absolute Gasteiger partial charge is 0.481 e. The summed E-state index contributed by atoms with van der Waals surface area (Å²) < 4.78 is 0. The van der Waals surface area contributed by atoms with Gasteiger partial charge in [-0.15, -0.1) is 0 Å². The average Bonchev–Trinajstić information content (AvgIpc) is 1.95. The molecule has 2 nitrogen and oxygen atoms in total. The highest BCUT2D eigenvalue weighted by Gasteiger charge is 2.37. The van der Waals surface area contributed by atoms with Crippen LogP contribution in [0.1, 0.15) is 26.7 Å². The fourth-order valence-electron chi connectivity index (χ4n) is 0.591. The fourth-order valence-corrected chi connectivity index (χ4v) is 0.591. The van der Waals surface area contributed by atoms with Crippen LogP contribution in [0.2, 0.25) is 0 Å². The summed E-state index contributed by atoms with van der Waals surface area (Å²) in [5.41, 5.74) is -0.750. The smallest absolute Gasteiger partial charge is 0.231 e. The van der Waals surface area contributed by atoms with Gasteiger partial charge in [-0.3, -0.25) is 0 Å². The quantitative estimate of drug-likeness (QED) is 0.497. The maximum atomic E-state index is 6.72. The Kier molecular flexibility index (Phi) is 2.74. The van der Waals surface area contributed by atoms with Crippen LogP contribution < -0.4 is 0 Å². The fraction of sp³-hybridized carbons (Fsp3) is 0.714. The van der Waals surface area contributed by atoms with Crippen LogP contribution in [0, 0.1) is 13.1 Å². The molecule has 0 spiro atoms. The van der Waals surface area contributed by atoms with Gasteiger partial charge in [-0.25, -0.2) is 22.8 Å². The molecule has 0 heterocycles. The van der Waals surface area contributed by atoms with Crippen molar-refractivity contribution in [1.82, 2.24) is 0 Å². The second kappa shape index (κ2) is 3.10. The molecule has 9 heavy (non-hydrogen) atoms. The van der Waals surface area contributed by atoms with Crippen molar-refractivity contribution in [1.29, 1.82) is 0 Å². The highest BCUT2D eigenvalue weighted by molar-refractivity contribution is 5.03. The van der Waals surface area contributed by atoms with Gasteiger partial charge in [0.1, 0.15) is 12.8 Å². The molecule has 0 N–H and O–H groups in total. The summed E-state index contributed by atoms with van der Waals surface area (Å²) in [5, 5.41) is 0. The lowest BCUT2D eigenvalue weighted by atomic mass is 10.1. The van der Waals surface area contributed by atoms with Crippen LogP contribution in [0.3, 0.4) is 0 Å². The molecule has 0 aromatic heterocycles. The van der Waals surface area contributed by atoms with Gasteiger partial charge >= 0.3 is 5.66 Å². The molecule has 2 heteroatoms. The molecule has 0 radical (unpaired) electrons. The summed E-state index contributed by atoms with van der Waals surface area (Å²) in [6.45, 7) is 17.2. The second-order valence-electron chi connectivity index (χ2n) is 1.91. The van der Waals surface area contributed by atoms with E-state index < -0.39 is 5.66 Å². The van der Waals surface area contributed by atoms with Gasteiger partial charge < -0.3 is 0 Å². The van der Waals surface area contributed by atoms with Crippen molar-refractivity contribution in [3.05, 3.63) is 22.8 Å². The Balaban J connectivity index is 4.28. The summed E-state index contributed by atoms with van der Waals surface area (Å²) in [7, 11) is 0. The Hall–Kier alpha value is -1.02. The Morgan fingerprint density at radius 3 is 1.44 bits per heavy atom. The summed E-state index contributed by atoms with van der Waals surface area (Å²) in [6, 6.07) is 0. The lowest BCUT2D eigenvalue weighted by Crippen LogP contribution is -2.15. The van der Waals surface area contributed by atoms with Gasteiger partial charge in [0, 0.05) is 0 Å². The molecule has 48 valence electrons. The normalized spacial score (nSPS) is 9.78. The minimum absolute atomic E-state index is 0.635. The van der Waals surface area contributed by atoms with E-state index in [1.54, 1.807) is 0 Å². The van der Waals surface area contributed by atoms with Crippen LogP contribution in [-0.4, -0.2) is 5.66 Å². The number of nitrogens with zero attached hydrogens (tertiary/aromatic N) is 2. The molecule has 0 aromatic carbocycles. The van der Waals surface area contributed by atoms with Crippen molar-refractivity contribution >= 4 is 0 Å². The highest BCUT2D eigenvalue weighted by atomic mass is 15.0. The van der Waals surface area contributed by atoms with Gasteiger partial charge in [-0.1, -0.05) is 0 Å². The monoisotopic (exact) mass is 122 g/mol. The van der Waals surface area contributed by atoms with E-state index >= 15 is 0 Å². The van der Waals surface area contributed by atoms with Crippen molar-refractivity contribution in [3.63, 3.8) is 0 Å². The van der Waals surface area contributed by atoms with E-state index in [1.165, 1.54) is 0 Å². The molecule has 0 saturated heterocycles. The van der Waals surface area contributed by atoms with E-state index in [9.17, 15) is 0 Å². The van der Waals surface area contributed by atoms with E-state index in [-0.39, 0.29) is 0 Å². The maximum absolute atomic E-state index is 6.72. The first-order valence-electron chi connectivity index (χ1n) is 3.02. The molecule has 0 saturated carbocycles. The van der Waals surface area contributed by atoms with E-state index in [0.717, 1.165) is 0 Å². The average molecular weight is 122 g/mol. The molecule has 0 aliphatic rings. The van der Waals surface area contributed by atoms with Gasteiger partial charge in [0.15, 0.2) is 0 Å². The predicted octanol–water partition coefficient (Wildman–Crippen LogP) is 2.34. The maximum Gasteiger partial charge on any atom is 0.481 e. The Morgan fingerprint density at radius 2 is 1.44 bits per heavy atom. The van der Waals surface area contributed by atoms with Gasteiger partial charge in [-0.2, -0.15) is 0 Å². The van der Waals surface area contributed by atoms with Gasteiger partial charge in [0.2, 0.25) is 0 Å². The zero-order chi connectivity index (χ0) is 7.33. The minimum atomic E-state index is -0.750. The lowest BCUT2D eigenvalue weighted by Gasteiger charge is -2.01. The Morgan fingerprint density at radius 1 is 1.11 bits per heavy atom. The summed E-state index contributed by atoms with van der Waals surface area (Å²) in [6.07, 6.45) is 1.27. The molecule has 0 aromatic rings. The van der Waals surface area contributed by atoms with E-state index in [2.05, 4.69) is 9.69 Å². The third-order valence-corrected chi connectivity index (χ3v) is 1.55. The van der Waals surface area contributed by atoms with Gasteiger partial charge in [-0.05, 0) is 13.8 Å². The summed E-state index contributed by atoms with van der Waals surface area (Å²) >= 11 is 0. The van der Waals surface area contributed by atoms with Crippen LogP contribution >= 0.6 is 0 Å². The van der Waals surface area contributed by atoms with Crippen LogP contribution in [0.25, 0.3) is 9.69 Å². The molecular weight excluding hydrogens is 112 g/mol. The molecule has 0 aliphatic carbocycles. The first-order chi connectivity index (χ1) is 4.24. The van der Waals surface area contributed by atoms with Crippen LogP contribution in [-0.2, 0) is 0 Å². The molecule has 0 aliphatic heterocycles. The zero-order valence-corrected chi connectivity index (χ0v) is 5.81. The first kappa shape index (κ1) is 7.98. The van der Waals surface area contributed by atoms with Crippen molar-refractivity contribution < 1.29 is 0 Å². The molecule has 0 bridgehead atoms.